The van der Waals surface area contributed by atoms with Gasteiger partial charge in [0.15, 0.2) is 0 Å². The Labute approximate surface area is 127 Å². The van der Waals surface area contributed by atoms with E-state index in [0.29, 0.717) is 5.69 Å². The largest absolute Gasteiger partial charge is 0.478 e. The van der Waals surface area contributed by atoms with Gasteiger partial charge in [0.2, 0.25) is 5.91 Å². The zero-order valence-corrected chi connectivity index (χ0v) is 12.1. The quantitative estimate of drug-likeness (QED) is 0.880. The molecular formula is C16H16N2O4. The highest BCUT2D eigenvalue weighted by Crippen LogP contribution is 2.11. The lowest BCUT2D eigenvalue weighted by Gasteiger charge is -2.09. The molecule has 0 aliphatic rings. The van der Waals surface area contributed by atoms with Crippen LogP contribution in [-0.4, -0.2) is 21.6 Å². The summed E-state index contributed by atoms with van der Waals surface area (Å²) in [5, 5.41) is 11.6. The van der Waals surface area contributed by atoms with Crippen molar-refractivity contribution in [3.8, 4) is 0 Å². The second kappa shape index (κ2) is 6.71. The first-order valence-electron chi connectivity index (χ1n) is 6.82. The maximum Gasteiger partial charge on any atom is 0.337 e. The van der Waals surface area contributed by atoms with Gasteiger partial charge in [0, 0.05) is 18.0 Å². The van der Waals surface area contributed by atoms with Gasteiger partial charge in [-0.05, 0) is 30.2 Å². The van der Waals surface area contributed by atoms with Gasteiger partial charge in [-0.2, -0.15) is 0 Å². The van der Waals surface area contributed by atoms with Crippen LogP contribution in [0, 0.1) is 0 Å². The number of aromatic nitrogens is 1. The Morgan fingerprint density at radius 2 is 2.00 bits per heavy atom. The number of hydrogen-bond donors (Lipinski definition) is 2. The zero-order chi connectivity index (χ0) is 16.1. The number of benzene rings is 1. The van der Waals surface area contributed by atoms with Crippen molar-refractivity contribution in [2.24, 2.45) is 0 Å². The predicted octanol–water partition coefficient (Wildman–Crippen LogP) is 1.75. The van der Waals surface area contributed by atoms with Crippen LogP contribution < -0.4 is 10.9 Å². The molecule has 6 heteroatoms. The first-order valence-corrected chi connectivity index (χ1v) is 6.82. The van der Waals surface area contributed by atoms with Crippen LogP contribution in [0.5, 0.6) is 0 Å². The lowest BCUT2D eigenvalue weighted by Crippen LogP contribution is -2.27. The van der Waals surface area contributed by atoms with E-state index in [1.165, 1.54) is 6.07 Å². The maximum atomic E-state index is 12.0. The van der Waals surface area contributed by atoms with Crippen molar-refractivity contribution < 1.29 is 14.7 Å². The van der Waals surface area contributed by atoms with Gasteiger partial charge in [0.1, 0.15) is 6.54 Å². The molecule has 2 rings (SSSR count). The average Bonchev–Trinajstić information content (AvgIpc) is 2.49. The van der Waals surface area contributed by atoms with Crippen LogP contribution in [0.25, 0.3) is 0 Å². The molecule has 2 N–H and O–H groups in total. The minimum absolute atomic E-state index is 0.0413. The summed E-state index contributed by atoms with van der Waals surface area (Å²) in [5.41, 5.74) is 1.26. The van der Waals surface area contributed by atoms with Gasteiger partial charge in [-0.1, -0.05) is 19.1 Å². The molecule has 0 fully saturated rings. The number of anilines is 1. The molecule has 1 heterocycles. The Morgan fingerprint density at radius 1 is 1.23 bits per heavy atom. The van der Waals surface area contributed by atoms with E-state index in [2.05, 4.69) is 5.32 Å². The first-order chi connectivity index (χ1) is 10.5. The van der Waals surface area contributed by atoms with Crippen molar-refractivity contribution in [1.29, 1.82) is 0 Å². The fraction of sp³-hybridized carbons (Fsp3) is 0.188. The predicted molar refractivity (Wildman–Crippen MR) is 82.1 cm³/mol. The molecular weight excluding hydrogens is 284 g/mol. The Hall–Kier alpha value is -2.89. The van der Waals surface area contributed by atoms with E-state index in [9.17, 15) is 14.4 Å². The fourth-order valence-electron chi connectivity index (χ4n) is 2.01. The molecule has 0 saturated heterocycles. The smallest absolute Gasteiger partial charge is 0.337 e. The molecule has 0 saturated carbocycles. The van der Waals surface area contributed by atoms with Crippen molar-refractivity contribution in [3.63, 3.8) is 0 Å². The number of aromatic carboxylic acids is 1. The summed E-state index contributed by atoms with van der Waals surface area (Å²) in [6, 6.07) is 9.75. The van der Waals surface area contributed by atoms with Crippen LogP contribution in [0.2, 0.25) is 0 Å². The second-order valence-corrected chi connectivity index (χ2v) is 4.79. The molecule has 1 amide bonds. The normalized spacial score (nSPS) is 10.2. The van der Waals surface area contributed by atoms with Crippen molar-refractivity contribution in [1.82, 2.24) is 4.57 Å². The Morgan fingerprint density at radius 3 is 2.68 bits per heavy atom. The van der Waals surface area contributed by atoms with Gasteiger partial charge in [-0.3, -0.25) is 9.59 Å². The van der Waals surface area contributed by atoms with Crippen LogP contribution in [0.4, 0.5) is 5.69 Å². The van der Waals surface area contributed by atoms with Gasteiger partial charge in [0.05, 0.1) is 5.56 Å². The highest BCUT2D eigenvalue weighted by atomic mass is 16.4. The molecule has 0 bridgehead atoms. The van der Waals surface area contributed by atoms with Gasteiger partial charge in [-0.25, -0.2) is 4.79 Å². The van der Waals surface area contributed by atoms with Crippen molar-refractivity contribution in [3.05, 3.63) is 64.1 Å². The number of carbonyl (C=O) groups excluding carboxylic acids is 1. The molecule has 22 heavy (non-hydrogen) atoms. The van der Waals surface area contributed by atoms with E-state index in [0.717, 1.165) is 28.8 Å². The van der Waals surface area contributed by atoms with Crippen LogP contribution >= 0.6 is 0 Å². The molecule has 0 atom stereocenters. The molecule has 6 nitrogen and oxygen atoms in total. The second-order valence-electron chi connectivity index (χ2n) is 4.79. The zero-order valence-electron chi connectivity index (χ0n) is 12.1. The molecule has 0 unspecified atom stereocenters. The van der Waals surface area contributed by atoms with Crippen molar-refractivity contribution in [2.75, 3.05) is 5.32 Å². The number of nitrogens with zero attached hydrogens (tertiary/aromatic N) is 1. The van der Waals surface area contributed by atoms with Crippen LogP contribution in [0.3, 0.4) is 0 Å². The molecule has 0 radical (unpaired) electrons. The summed E-state index contributed by atoms with van der Waals surface area (Å²) in [6.07, 6.45) is 2.01. The van der Waals surface area contributed by atoms with Gasteiger partial charge >= 0.3 is 5.97 Å². The summed E-state index contributed by atoms with van der Waals surface area (Å²) < 4.78 is 1.07. The van der Waals surface area contributed by atoms with Crippen LogP contribution in [-0.2, 0) is 17.8 Å². The SMILES string of the molecule is CCc1cccc(NC(=O)Cn2cc(C(=O)O)ccc2=O)c1. The van der Waals surface area contributed by atoms with E-state index in [-0.39, 0.29) is 12.1 Å². The number of carboxylic acids is 1. The van der Waals surface area contributed by atoms with Gasteiger partial charge in [-0.15, -0.1) is 0 Å². The summed E-state index contributed by atoms with van der Waals surface area (Å²) >= 11 is 0. The lowest BCUT2D eigenvalue weighted by molar-refractivity contribution is -0.116. The highest BCUT2D eigenvalue weighted by Gasteiger charge is 2.09. The topological polar surface area (TPSA) is 88.4 Å². The first kappa shape index (κ1) is 15.5. The standard InChI is InChI=1S/C16H16N2O4/c1-2-11-4-3-5-13(8-11)17-14(19)10-18-9-12(16(21)22)6-7-15(18)20/h3-9H,2,10H2,1H3,(H,17,19)(H,21,22). The number of aryl methyl sites for hydroxylation is 1. The minimum atomic E-state index is -1.15. The van der Waals surface area contributed by atoms with Crippen molar-refractivity contribution in [2.45, 2.75) is 19.9 Å². The average molecular weight is 300 g/mol. The maximum absolute atomic E-state index is 12.0. The number of hydrogen-bond acceptors (Lipinski definition) is 3. The monoisotopic (exact) mass is 300 g/mol. The molecule has 0 aliphatic heterocycles. The van der Waals surface area contributed by atoms with E-state index >= 15 is 0 Å². The highest BCUT2D eigenvalue weighted by molar-refractivity contribution is 5.91. The summed E-state index contributed by atoms with van der Waals surface area (Å²) in [5.74, 6) is -1.54. The lowest BCUT2D eigenvalue weighted by atomic mass is 10.1. The summed E-state index contributed by atoms with van der Waals surface area (Å²) in [4.78, 5) is 34.6. The Balaban J connectivity index is 2.13. The van der Waals surface area contributed by atoms with Crippen LogP contribution in [0.1, 0.15) is 22.8 Å². The number of pyridine rings is 1. The molecule has 0 aliphatic carbocycles. The Bertz CT molecular complexity index is 765. The number of nitrogens with one attached hydrogen (secondary N) is 1. The van der Waals surface area contributed by atoms with Gasteiger partial charge in [0.25, 0.3) is 5.56 Å². The number of amides is 1. The minimum Gasteiger partial charge on any atom is -0.478 e. The third-order valence-corrected chi connectivity index (χ3v) is 3.16. The number of carbonyl (C=O) groups is 2. The van der Waals surface area contributed by atoms with Gasteiger partial charge < -0.3 is 15.0 Å². The molecule has 0 spiro atoms. The van der Waals surface area contributed by atoms with Crippen LogP contribution in [0.15, 0.2) is 47.4 Å². The third kappa shape index (κ3) is 3.82. The fourth-order valence-corrected chi connectivity index (χ4v) is 2.01. The molecule has 1 aromatic heterocycles. The molecule has 2 aromatic rings. The van der Waals surface area contributed by atoms with Crippen molar-refractivity contribution >= 4 is 17.6 Å². The Kier molecular flexibility index (Phi) is 4.73. The summed E-state index contributed by atoms with van der Waals surface area (Å²) in [6.45, 7) is 1.77. The van der Waals surface area contributed by atoms with E-state index in [1.54, 1.807) is 6.07 Å². The van der Waals surface area contributed by atoms with E-state index in [1.807, 2.05) is 25.1 Å². The number of rotatable bonds is 5. The number of carboxylic acid groups (broad SMARTS) is 1. The summed E-state index contributed by atoms with van der Waals surface area (Å²) in [7, 11) is 0. The molecule has 114 valence electrons. The third-order valence-electron chi connectivity index (χ3n) is 3.16. The van der Waals surface area contributed by atoms with E-state index in [4.69, 9.17) is 5.11 Å². The van der Waals surface area contributed by atoms with E-state index < -0.39 is 17.4 Å². The molecule has 1 aromatic carbocycles.